The molecule has 18 heavy (non-hydrogen) atoms. The summed E-state index contributed by atoms with van der Waals surface area (Å²) in [7, 11) is 0. The maximum atomic E-state index is 11.5. The number of allylic oxidation sites excluding steroid dienone is 2. The van der Waals surface area contributed by atoms with E-state index in [0.29, 0.717) is 6.42 Å². The summed E-state index contributed by atoms with van der Waals surface area (Å²) in [6, 6.07) is 0. The van der Waals surface area contributed by atoms with Crippen molar-refractivity contribution >= 4 is 11.8 Å². The van der Waals surface area contributed by atoms with Crippen molar-refractivity contribution in [1.29, 1.82) is 0 Å². The van der Waals surface area contributed by atoms with Crippen LogP contribution in [0.5, 0.6) is 0 Å². The largest absolute Gasteiger partial charge is 0.457 e. The molecule has 0 aliphatic carbocycles. The molecule has 0 bridgehead atoms. The van der Waals surface area contributed by atoms with Crippen LogP contribution < -0.4 is 0 Å². The zero-order valence-electron chi connectivity index (χ0n) is 11.9. The van der Waals surface area contributed by atoms with Gasteiger partial charge >= 0.3 is 5.97 Å². The maximum Gasteiger partial charge on any atom is 0.374 e. The number of rotatable bonds is 10. The zero-order valence-corrected chi connectivity index (χ0v) is 11.9. The van der Waals surface area contributed by atoms with Gasteiger partial charge in [-0.2, -0.15) is 0 Å². The van der Waals surface area contributed by atoms with Crippen LogP contribution in [0.3, 0.4) is 0 Å². The average Bonchev–Trinajstić information content (AvgIpc) is 2.37. The predicted molar refractivity (Wildman–Crippen MR) is 73.4 cm³/mol. The Balaban J connectivity index is 3.88. The quantitative estimate of drug-likeness (QED) is 0.258. The number of hydrogen-bond donors (Lipinski definition) is 0. The molecule has 0 saturated carbocycles. The van der Waals surface area contributed by atoms with Crippen molar-refractivity contribution in [1.82, 2.24) is 0 Å². The van der Waals surface area contributed by atoms with Crippen molar-refractivity contribution in [2.45, 2.75) is 71.8 Å². The van der Waals surface area contributed by atoms with E-state index in [0.717, 1.165) is 32.1 Å². The molecule has 0 fully saturated rings. The number of carbonyl (C=O) groups excluding carboxylic acids is 2. The Hall–Kier alpha value is -1.12. The van der Waals surface area contributed by atoms with Crippen LogP contribution >= 0.6 is 0 Å². The van der Waals surface area contributed by atoms with E-state index in [9.17, 15) is 9.59 Å². The second kappa shape index (κ2) is 11.0. The second-order valence-electron chi connectivity index (χ2n) is 4.46. The van der Waals surface area contributed by atoms with Crippen LogP contribution in [0.1, 0.15) is 65.7 Å². The van der Waals surface area contributed by atoms with E-state index in [2.05, 4.69) is 6.08 Å². The standard InChI is InChI=1S/C15H26O3/c1-4-7-8-9-10-12-13(6-3)18-15(17)14(16)11-5-2/h4,7,13H,5-6,8-12H2,1-3H3/b7-4+. The first-order valence-electron chi connectivity index (χ1n) is 7.00. The maximum absolute atomic E-state index is 11.5. The third-order valence-corrected chi connectivity index (χ3v) is 2.82. The molecule has 0 aliphatic rings. The lowest BCUT2D eigenvalue weighted by atomic mass is 10.1. The summed E-state index contributed by atoms with van der Waals surface area (Å²) in [4.78, 5) is 22.8. The molecule has 0 N–H and O–H groups in total. The minimum Gasteiger partial charge on any atom is -0.457 e. The Morgan fingerprint density at radius 1 is 1.22 bits per heavy atom. The highest BCUT2D eigenvalue weighted by Gasteiger charge is 2.18. The predicted octanol–water partition coefficient (Wildman–Crippen LogP) is 3.81. The van der Waals surface area contributed by atoms with Gasteiger partial charge in [-0.1, -0.05) is 26.0 Å². The number of hydrogen-bond acceptors (Lipinski definition) is 3. The van der Waals surface area contributed by atoms with Gasteiger partial charge in [0.25, 0.3) is 0 Å². The lowest BCUT2D eigenvalue weighted by molar-refractivity contribution is -0.158. The summed E-state index contributed by atoms with van der Waals surface area (Å²) in [5, 5.41) is 0. The summed E-state index contributed by atoms with van der Waals surface area (Å²) >= 11 is 0. The van der Waals surface area contributed by atoms with Crippen LogP contribution in [0.15, 0.2) is 12.2 Å². The highest BCUT2D eigenvalue weighted by Crippen LogP contribution is 2.11. The summed E-state index contributed by atoms with van der Waals surface area (Å²) < 4.78 is 5.21. The molecule has 3 heteroatoms. The first kappa shape index (κ1) is 16.9. The van der Waals surface area contributed by atoms with Gasteiger partial charge < -0.3 is 4.74 Å². The fourth-order valence-corrected chi connectivity index (χ4v) is 1.69. The highest BCUT2D eigenvalue weighted by molar-refractivity contribution is 6.33. The molecule has 0 heterocycles. The molecule has 0 aromatic heterocycles. The van der Waals surface area contributed by atoms with E-state index < -0.39 is 11.8 Å². The van der Waals surface area contributed by atoms with Crippen molar-refractivity contribution in [3.05, 3.63) is 12.2 Å². The van der Waals surface area contributed by atoms with Crippen LogP contribution in [-0.4, -0.2) is 17.9 Å². The molecule has 0 aliphatic heterocycles. The average molecular weight is 254 g/mol. The van der Waals surface area contributed by atoms with Gasteiger partial charge in [0, 0.05) is 6.42 Å². The Morgan fingerprint density at radius 3 is 2.50 bits per heavy atom. The minimum atomic E-state index is -0.655. The Morgan fingerprint density at radius 2 is 1.94 bits per heavy atom. The SMILES string of the molecule is C/C=C/CCCCC(CC)OC(=O)C(=O)CCC. The third-order valence-electron chi connectivity index (χ3n) is 2.82. The van der Waals surface area contributed by atoms with E-state index in [1.165, 1.54) is 0 Å². The molecule has 3 nitrogen and oxygen atoms in total. The van der Waals surface area contributed by atoms with Gasteiger partial charge in [-0.25, -0.2) is 4.79 Å². The summed E-state index contributed by atoms with van der Waals surface area (Å²) in [6.45, 7) is 5.87. The van der Waals surface area contributed by atoms with E-state index in [4.69, 9.17) is 4.74 Å². The summed E-state index contributed by atoms with van der Waals surface area (Å²) in [5.74, 6) is -1.05. The van der Waals surface area contributed by atoms with Crippen molar-refractivity contribution in [2.75, 3.05) is 0 Å². The van der Waals surface area contributed by atoms with Gasteiger partial charge in [-0.15, -0.1) is 0 Å². The van der Waals surface area contributed by atoms with Crippen molar-refractivity contribution in [3.8, 4) is 0 Å². The Bertz CT molecular complexity index is 269. The molecule has 0 saturated heterocycles. The smallest absolute Gasteiger partial charge is 0.374 e. The lowest BCUT2D eigenvalue weighted by Crippen LogP contribution is -2.24. The van der Waals surface area contributed by atoms with Crippen LogP contribution in [0.25, 0.3) is 0 Å². The fraction of sp³-hybridized carbons (Fsp3) is 0.733. The highest BCUT2D eigenvalue weighted by atomic mass is 16.5. The lowest BCUT2D eigenvalue weighted by Gasteiger charge is -2.15. The van der Waals surface area contributed by atoms with Crippen LogP contribution in [0.4, 0.5) is 0 Å². The molecule has 104 valence electrons. The van der Waals surface area contributed by atoms with E-state index in [1.54, 1.807) is 0 Å². The number of unbranched alkanes of at least 4 members (excludes halogenated alkanes) is 2. The number of ether oxygens (including phenoxy) is 1. The first-order valence-corrected chi connectivity index (χ1v) is 7.00. The number of carbonyl (C=O) groups is 2. The number of esters is 1. The molecule has 1 unspecified atom stereocenters. The van der Waals surface area contributed by atoms with Gasteiger partial charge in [0.1, 0.15) is 6.10 Å². The molecule has 0 amide bonds. The van der Waals surface area contributed by atoms with E-state index in [-0.39, 0.29) is 12.5 Å². The van der Waals surface area contributed by atoms with Gasteiger partial charge in [-0.05, 0) is 45.4 Å². The van der Waals surface area contributed by atoms with Crippen molar-refractivity contribution in [3.63, 3.8) is 0 Å². The molecular weight excluding hydrogens is 228 g/mol. The molecular formula is C15H26O3. The number of Topliss-reactive ketones (excluding diaryl/α,β-unsaturated/α-hetero) is 1. The van der Waals surface area contributed by atoms with Crippen molar-refractivity contribution < 1.29 is 14.3 Å². The monoisotopic (exact) mass is 254 g/mol. The normalized spacial score (nSPS) is 12.6. The van der Waals surface area contributed by atoms with Crippen LogP contribution in [0.2, 0.25) is 0 Å². The van der Waals surface area contributed by atoms with Crippen molar-refractivity contribution in [2.24, 2.45) is 0 Å². The molecule has 0 aromatic rings. The van der Waals surface area contributed by atoms with Gasteiger partial charge in [0.05, 0.1) is 0 Å². The molecule has 0 radical (unpaired) electrons. The molecule has 1 atom stereocenters. The van der Waals surface area contributed by atoms with Crippen LogP contribution in [0, 0.1) is 0 Å². The topological polar surface area (TPSA) is 43.4 Å². The fourth-order valence-electron chi connectivity index (χ4n) is 1.69. The first-order chi connectivity index (χ1) is 8.65. The third kappa shape index (κ3) is 8.04. The molecule has 0 aromatic carbocycles. The number of ketones is 1. The Labute approximate surface area is 111 Å². The summed E-state index contributed by atoms with van der Waals surface area (Å²) in [5.41, 5.74) is 0. The van der Waals surface area contributed by atoms with Gasteiger partial charge in [0.15, 0.2) is 0 Å². The second-order valence-corrected chi connectivity index (χ2v) is 4.46. The van der Waals surface area contributed by atoms with E-state index in [1.807, 2.05) is 26.8 Å². The van der Waals surface area contributed by atoms with Crippen LogP contribution in [-0.2, 0) is 14.3 Å². The van der Waals surface area contributed by atoms with E-state index >= 15 is 0 Å². The zero-order chi connectivity index (χ0) is 13.8. The minimum absolute atomic E-state index is 0.107. The van der Waals surface area contributed by atoms with Gasteiger partial charge in [-0.3, -0.25) is 4.79 Å². The van der Waals surface area contributed by atoms with Gasteiger partial charge in [0.2, 0.25) is 5.78 Å². The molecule has 0 spiro atoms. The Kier molecular flexibility index (Phi) is 10.3. The summed E-state index contributed by atoms with van der Waals surface area (Å²) in [6.07, 6.45) is 9.86. The molecule has 0 rings (SSSR count).